The molecule has 4 rings (SSSR count). The first-order chi connectivity index (χ1) is 16.2. The average Bonchev–Trinajstić information content (AvgIpc) is 3.47. The summed E-state index contributed by atoms with van der Waals surface area (Å²) in [6.07, 6.45) is 3.00. The highest BCUT2D eigenvalue weighted by atomic mass is 32.2. The molecule has 0 spiro atoms. The highest BCUT2D eigenvalue weighted by Crippen LogP contribution is 2.53. The highest BCUT2D eigenvalue weighted by Gasteiger charge is 2.60. The van der Waals surface area contributed by atoms with E-state index in [0.717, 1.165) is 23.6 Å². The van der Waals surface area contributed by atoms with Crippen LogP contribution >= 0.6 is 11.8 Å². The number of β-lactam (4-membered cyclic amide) rings is 1. The van der Waals surface area contributed by atoms with E-state index in [0.29, 0.717) is 19.5 Å². The number of thioether (sulfide) groups is 1. The molecule has 0 saturated carbocycles. The molecule has 34 heavy (non-hydrogen) atoms. The summed E-state index contributed by atoms with van der Waals surface area (Å²) in [6.45, 7) is 5.94. The number of nitrogens with two attached hydrogens (primary N) is 1. The van der Waals surface area contributed by atoms with Gasteiger partial charge in [0.25, 0.3) is 0 Å². The summed E-state index contributed by atoms with van der Waals surface area (Å²) in [5, 5.41) is 24.6. The Hall–Kier alpha value is -2.28. The Kier molecular flexibility index (Phi) is 7.41. The lowest BCUT2D eigenvalue weighted by Crippen LogP contribution is -2.62. The van der Waals surface area contributed by atoms with Crippen LogP contribution in [0.1, 0.15) is 32.4 Å². The molecule has 0 aliphatic carbocycles. The minimum atomic E-state index is -1.07. The Balaban J connectivity index is 1.42. The van der Waals surface area contributed by atoms with Crippen molar-refractivity contribution in [3.8, 4) is 0 Å². The van der Waals surface area contributed by atoms with Gasteiger partial charge in [0.15, 0.2) is 0 Å². The van der Waals surface area contributed by atoms with Gasteiger partial charge in [-0.3, -0.25) is 14.3 Å². The summed E-state index contributed by atoms with van der Waals surface area (Å²) in [7, 11) is 1.72. The van der Waals surface area contributed by atoms with Crippen molar-refractivity contribution in [3.05, 3.63) is 22.5 Å². The van der Waals surface area contributed by atoms with Crippen molar-refractivity contribution >= 4 is 29.4 Å². The van der Waals surface area contributed by atoms with Crippen LogP contribution in [0.3, 0.4) is 0 Å². The van der Waals surface area contributed by atoms with Crippen LogP contribution in [-0.4, -0.2) is 80.1 Å². The van der Waals surface area contributed by atoms with Crippen LogP contribution in [0.15, 0.2) is 16.8 Å². The molecule has 2 saturated heterocycles. The molecule has 12 heteroatoms. The van der Waals surface area contributed by atoms with Crippen molar-refractivity contribution in [2.24, 2.45) is 23.5 Å². The van der Waals surface area contributed by atoms with E-state index >= 15 is 0 Å². The Morgan fingerprint density at radius 2 is 2.21 bits per heavy atom. The van der Waals surface area contributed by atoms with Crippen LogP contribution in [0.2, 0.25) is 0 Å². The van der Waals surface area contributed by atoms with E-state index in [-0.39, 0.29) is 59.0 Å². The third kappa shape index (κ3) is 4.64. The van der Waals surface area contributed by atoms with Gasteiger partial charge >= 0.3 is 5.97 Å². The fourth-order valence-electron chi connectivity index (χ4n) is 5.46. The average molecular weight is 492 g/mol. The molecule has 0 aromatic carbocycles. The van der Waals surface area contributed by atoms with Crippen LogP contribution in [0.4, 0.5) is 0 Å². The number of carbonyl (C=O) groups excluding carboxylic acids is 2. The fourth-order valence-corrected chi connectivity index (χ4v) is 6.98. The number of likely N-dealkylation sites (N-methyl/N-ethyl adjacent to an activating group) is 1. The van der Waals surface area contributed by atoms with Crippen molar-refractivity contribution in [1.82, 2.24) is 30.5 Å². The monoisotopic (exact) mass is 491 g/mol. The summed E-state index contributed by atoms with van der Waals surface area (Å²) < 4.78 is 1.78. The van der Waals surface area contributed by atoms with Crippen molar-refractivity contribution in [2.75, 3.05) is 20.1 Å². The predicted molar refractivity (Wildman–Crippen MR) is 126 cm³/mol. The van der Waals surface area contributed by atoms with Gasteiger partial charge in [0.2, 0.25) is 5.91 Å². The second-order valence-electron chi connectivity index (χ2n) is 9.50. The van der Waals surface area contributed by atoms with E-state index in [9.17, 15) is 19.5 Å². The Labute approximate surface area is 202 Å². The Bertz CT molecular complexity index is 996. The van der Waals surface area contributed by atoms with Gasteiger partial charge < -0.3 is 26.4 Å². The fraction of sp³-hybridized carbons (Fsp3) is 0.682. The van der Waals surface area contributed by atoms with Crippen LogP contribution in [0, 0.1) is 17.8 Å². The molecule has 5 N–H and O–H groups in total. The molecule has 0 radical (unpaired) electrons. The molecular formula is C22H33N7O4S. The lowest BCUT2D eigenvalue weighted by molar-refractivity contribution is -0.160. The normalized spacial score (nSPS) is 29.4. The Morgan fingerprint density at radius 1 is 1.44 bits per heavy atom. The third-order valence-corrected chi connectivity index (χ3v) is 8.52. The van der Waals surface area contributed by atoms with Gasteiger partial charge in [-0.05, 0) is 19.4 Å². The Morgan fingerprint density at radius 3 is 2.85 bits per heavy atom. The van der Waals surface area contributed by atoms with Gasteiger partial charge in [-0.1, -0.05) is 19.1 Å². The molecule has 0 bridgehead atoms. The molecule has 1 amide bonds. The smallest absolute Gasteiger partial charge is 0.353 e. The zero-order valence-electron chi connectivity index (χ0n) is 19.7. The lowest BCUT2D eigenvalue weighted by Gasteiger charge is -2.47. The van der Waals surface area contributed by atoms with Gasteiger partial charge in [0.05, 0.1) is 30.7 Å². The number of hydrogen-bond acceptors (Lipinski definition) is 9. The van der Waals surface area contributed by atoms with Gasteiger partial charge in [-0.25, -0.2) is 4.79 Å². The zero-order valence-corrected chi connectivity index (χ0v) is 20.5. The summed E-state index contributed by atoms with van der Waals surface area (Å²) in [4.78, 5) is 39.5. The summed E-state index contributed by atoms with van der Waals surface area (Å²) in [5.41, 5.74) is 6.46. The standard InChI is InChI=1S/C22H33N7O4S/c1-11(4-15(30)7-24-3)17-18-12(2)20(19(22(32)33)29(18)21(17)31)34-16-5-13(25-8-16)9-28-10-14(6-23)26-27-28/h10-13,16-18,24-25H,4-9,23H2,1-3H3,(H,32,33)/t11-,12+,13-,16-,17+,18+/m0/s1. The van der Waals surface area contributed by atoms with E-state index in [1.807, 2.05) is 20.0 Å². The largest absolute Gasteiger partial charge is 0.477 e. The third-order valence-electron chi connectivity index (χ3n) is 7.01. The van der Waals surface area contributed by atoms with E-state index in [1.165, 1.54) is 4.90 Å². The zero-order chi connectivity index (χ0) is 24.6. The number of rotatable bonds is 11. The summed E-state index contributed by atoms with van der Waals surface area (Å²) >= 11 is 1.57. The molecule has 1 aromatic rings. The van der Waals surface area contributed by atoms with Gasteiger partial charge in [-0.2, -0.15) is 0 Å². The number of carboxylic acid groups (broad SMARTS) is 1. The first-order valence-electron chi connectivity index (χ1n) is 11.7. The van der Waals surface area contributed by atoms with Crippen molar-refractivity contribution in [2.45, 2.75) is 57.1 Å². The first-order valence-corrected chi connectivity index (χ1v) is 12.6. The second kappa shape index (κ2) is 10.1. The topological polar surface area (TPSA) is 155 Å². The number of ketones is 1. The number of aromatic nitrogens is 3. The van der Waals surface area contributed by atoms with Crippen LogP contribution < -0.4 is 16.4 Å². The molecule has 11 nitrogen and oxygen atoms in total. The number of carboxylic acids is 1. The molecule has 3 aliphatic rings. The number of nitrogens with zero attached hydrogens (tertiary/aromatic N) is 4. The van der Waals surface area contributed by atoms with Crippen molar-refractivity contribution < 1.29 is 19.5 Å². The molecule has 6 atom stereocenters. The number of amides is 1. The number of Topliss-reactive ketones (excluding diaryl/α,β-unsaturated/α-hetero) is 1. The van der Waals surface area contributed by atoms with Crippen molar-refractivity contribution in [1.29, 1.82) is 0 Å². The van der Waals surface area contributed by atoms with Crippen LogP contribution in [0.5, 0.6) is 0 Å². The predicted octanol–water partition coefficient (Wildman–Crippen LogP) is -0.212. The van der Waals surface area contributed by atoms with E-state index in [4.69, 9.17) is 5.73 Å². The van der Waals surface area contributed by atoms with Gasteiger partial charge in [-0.15, -0.1) is 16.9 Å². The van der Waals surface area contributed by atoms with Crippen LogP contribution in [0.25, 0.3) is 0 Å². The number of nitrogens with one attached hydrogen (secondary N) is 2. The summed E-state index contributed by atoms with van der Waals surface area (Å²) in [5.74, 6) is -1.73. The maximum absolute atomic E-state index is 13.0. The lowest BCUT2D eigenvalue weighted by atomic mass is 9.73. The van der Waals surface area contributed by atoms with E-state index in [2.05, 4.69) is 20.9 Å². The molecule has 4 heterocycles. The second-order valence-corrected chi connectivity index (χ2v) is 10.8. The maximum atomic E-state index is 13.0. The number of carbonyl (C=O) groups is 3. The van der Waals surface area contributed by atoms with E-state index < -0.39 is 5.97 Å². The van der Waals surface area contributed by atoms with Gasteiger partial charge in [0, 0.05) is 47.8 Å². The van der Waals surface area contributed by atoms with E-state index in [1.54, 1.807) is 23.5 Å². The molecular weight excluding hydrogens is 458 g/mol. The SMILES string of the molecule is CNCC(=O)C[C@H](C)[C@H]1C(=O)N2C(C(=O)O)=C(S[C@@H]3CN[C@H](Cn4cc(CN)nn4)C3)[C@H](C)[C@H]12. The molecule has 186 valence electrons. The number of hydrogen-bond donors (Lipinski definition) is 4. The molecule has 3 aliphatic heterocycles. The van der Waals surface area contributed by atoms with Crippen molar-refractivity contribution in [3.63, 3.8) is 0 Å². The minimum absolute atomic E-state index is 0.0574. The highest BCUT2D eigenvalue weighted by molar-refractivity contribution is 8.03. The minimum Gasteiger partial charge on any atom is -0.477 e. The molecule has 0 unspecified atom stereocenters. The number of aliphatic carboxylic acids is 1. The molecule has 2 fully saturated rings. The molecule has 1 aromatic heterocycles. The van der Waals surface area contributed by atoms with Crippen LogP contribution in [-0.2, 0) is 27.5 Å². The quantitative estimate of drug-likeness (QED) is 0.306. The maximum Gasteiger partial charge on any atom is 0.353 e. The summed E-state index contributed by atoms with van der Waals surface area (Å²) in [6, 6.07) is -0.00601. The number of fused-ring (bicyclic) bond motifs is 1. The first kappa shape index (κ1) is 24.8. The van der Waals surface area contributed by atoms with Gasteiger partial charge in [0.1, 0.15) is 11.5 Å².